The molecule has 0 radical (unpaired) electrons. The maximum absolute atomic E-state index is 13.8. The number of halogens is 1. The van der Waals surface area contributed by atoms with E-state index in [0.717, 1.165) is 17.0 Å². The van der Waals surface area contributed by atoms with Crippen LogP contribution in [0, 0.1) is 19.7 Å². The van der Waals surface area contributed by atoms with Crippen molar-refractivity contribution in [1.29, 1.82) is 0 Å². The normalized spacial score (nSPS) is 13.6. The van der Waals surface area contributed by atoms with E-state index < -0.39 is 18.0 Å². The highest BCUT2D eigenvalue weighted by molar-refractivity contribution is 5.79. The Bertz CT molecular complexity index is 727. The van der Waals surface area contributed by atoms with Crippen LogP contribution in [0.4, 0.5) is 4.39 Å². The lowest BCUT2D eigenvalue weighted by atomic mass is 9.99. The van der Waals surface area contributed by atoms with Gasteiger partial charge in [0, 0.05) is 23.9 Å². The minimum absolute atomic E-state index is 0.187. The Hall–Kier alpha value is -2.21. The summed E-state index contributed by atoms with van der Waals surface area (Å²) in [6, 6.07) is 5.52. The first-order chi connectivity index (χ1) is 11.3. The number of aliphatic hydroxyl groups excluding tert-OH is 1. The van der Waals surface area contributed by atoms with Gasteiger partial charge in [-0.2, -0.15) is 5.10 Å². The van der Waals surface area contributed by atoms with Gasteiger partial charge in [0.25, 0.3) is 0 Å². The minimum atomic E-state index is -1.09. The molecule has 0 unspecified atom stereocenters. The summed E-state index contributed by atoms with van der Waals surface area (Å²) < 4.78 is 15.6. The summed E-state index contributed by atoms with van der Waals surface area (Å²) in [7, 11) is 1.83. The highest BCUT2D eigenvalue weighted by atomic mass is 19.1. The Balaban J connectivity index is 2.09. The molecule has 0 aliphatic heterocycles. The third kappa shape index (κ3) is 3.82. The number of aliphatic hydroxyl groups is 1. The smallest absolute Gasteiger partial charge is 0.224 e. The average Bonchev–Trinajstić information content (AvgIpc) is 2.78. The van der Waals surface area contributed by atoms with Crippen molar-refractivity contribution in [3.63, 3.8) is 0 Å². The molecular weight excluding hydrogens is 309 g/mol. The Morgan fingerprint density at radius 3 is 2.58 bits per heavy atom. The molecule has 0 saturated heterocycles. The van der Waals surface area contributed by atoms with Crippen molar-refractivity contribution < 1.29 is 14.3 Å². The number of hydrogen-bond donors (Lipinski definition) is 2. The van der Waals surface area contributed by atoms with Crippen molar-refractivity contribution in [1.82, 2.24) is 15.1 Å². The number of amides is 1. The standard InChI is InChI=1S/C18H24FN3O2/c1-5-16(18(24)13-8-6-7-9-15(13)19)20-17(23)10-14-11(2)21-22(4)12(14)3/h6-9,16,18,24H,5,10H2,1-4H3,(H,20,23)/t16-,18-/m1/s1. The number of aryl methyl sites for hydroxylation is 2. The number of rotatable bonds is 6. The number of aromatic nitrogens is 2. The molecule has 0 aliphatic carbocycles. The summed E-state index contributed by atoms with van der Waals surface area (Å²) in [6.45, 7) is 5.62. The van der Waals surface area contributed by atoms with Crippen LogP contribution in [-0.2, 0) is 18.3 Å². The van der Waals surface area contributed by atoms with Crippen LogP contribution < -0.4 is 5.32 Å². The van der Waals surface area contributed by atoms with Gasteiger partial charge in [-0.15, -0.1) is 0 Å². The van der Waals surface area contributed by atoms with Crippen LogP contribution >= 0.6 is 0 Å². The highest BCUT2D eigenvalue weighted by Crippen LogP contribution is 2.22. The quantitative estimate of drug-likeness (QED) is 0.853. The van der Waals surface area contributed by atoms with E-state index in [4.69, 9.17) is 0 Å². The third-order valence-electron chi connectivity index (χ3n) is 4.39. The first kappa shape index (κ1) is 18.1. The molecular formula is C18H24FN3O2. The van der Waals surface area contributed by atoms with Crippen molar-refractivity contribution >= 4 is 5.91 Å². The van der Waals surface area contributed by atoms with E-state index >= 15 is 0 Å². The van der Waals surface area contributed by atoms with Crippen molar-refractivity contribution in [3.8, 4) is 0 Å². The largest absolute Gasteiger partial charge is 0.386 e. The Kier molecular flexibility index (Phi) is 5.72. The van der Waals surface area contributed by atoms with Crippen LogP contribution in [0.15, 0.2) is 24.3 Å². The maximum Gasteiger partial charge on any atom is 0.224 e. The van der Waals surface area contributed by atoms with Crippen LogP contribution in [0.25, 0.3) is 0 Å². The summed E-state index contributed by atoms with van der Waals surface area (Å²) in [5, 5.41) is 17.5. The van der Waals surface area contributed by atoms with Gasteiger partial charge in [0.15, 0.2) is 0 Å². The van der Waals surface area contributed by atoms with Gasteiger partial charge in [0.1, 0.15) is 11.9 Å². The average molecular weight is 333 g/mol. The minimum Gasteiger partial charge on any atom is -0.386 e. The molecule has 24 heavy (non-hydrogen) atoms. The molecule has 2 atom stereocenters. The van der Waals surface area contributed by atoms with Crippen molar-refractivity contribution in [3.05, 3.63) is 52.6 Å². The van der Waals surface area contributed by atoms with Gasteiger partial charge >= 0.3 is 0 Å². The van der Waals surface area contributed by atoms with Crippen LogP contribution in [0.1, 0.15) is 42.0 Å². The second kappa shape index (κ2) is 7.57. The van der Waals surface area contributed by atoms with E-state index in [9.17, 15) is 14.3 Å². The van der Waals surface area contributed by atoms with Gasteiger partial charge < -0.3 is 10.4 Å². The Morgan fingerprint density at radius 2 is 2.04 bits per heavy atom. The van der Waals surface area contributed by atoms with Crippen LogP contribution in [0.2, 0.25) is 0 Å². The summed E-state index contributed by atoms with van der Waals surface area (Å²) >= 11 is 0. The van der Waals surface area contributed by atoms with Gasteiger partial charge in [-0.05, 0) is 26.3 Å². The maximum atomic E-state index is 13.8. The third-order valence-corrected chi connectivity index (χ3v) is 4.39. The lowest BCUT2D eigenvalue weighted by Gasteiger charge is -2.23. The molecule has 2 rings (SSSR count). The molecule has 0 aliphatic rings. The van der Waals surface area contributed by atoms with E-state index in [-0.39, 0.29) is 17.9 Å². The highest BCUT2D eigenvalue weighted by Gasteiger charge is 2.24. The van der Waals surface area contributed by atoms with Crippen molar-refractivity contribution in [2.24, 2.45) is 7.05 Å². The number of nitrogens with one attached hydrogen (secondary N) is 1. The van der Waals surface area contributed by atoms with Gasteiger partial charge in [-0.3, -0.25) is 9.48 Å². The molecule has 130 valence electrons. The number of nitrogens with zero attached hydrogens (tertiary/aromatic N) is 2. The number of benzene rings is 1. The zero-order chi connectivity index (χ0) is 17.9. The van der Waals surface area contributed by atoms with E-state index in [1.807, 2.05) is 27.8 Å². The fraction of sp³-hybridized carbons (Fsp3) is 0.444. The van der Waals surface area contributed by atoms with Crippen LogP contribution in [0.5, 0.6) is 0 Å². The van der Waals surface area contributed by atoms with Crippen molar-refractivity contribution in [2.45, 2.75) is 45.8 Å². The topological polar surface area (TPSA) is 67.2 Å². The predicted octanol–water partition coefficient (Wildman–Crippen LogP) is 2.35. The fourth-order valence-electron chi connectivity index (χ4n) is 2.83. The summed E-state index contributed by atoms with van der Waals surface area (Å²) in [4.78, 5) is 12.4. The van der Waals surface area contributed by atoms with Gasteiger partial charge in [0.2, 0.25) is 5.91 Å². The van der Waals surface area contributed by atoms with Gasteiger partial charge in [-0.1, -0.05) is 25.1 Å². The Morgan fingerprint density at radius 1 is 1.38 bits per heavy atom. The first-order valence-electron chi connectivity index (χ1n) is 8.06. The van der Waals surface area contributed by atoms with E-state index in [1.54, 1.807) is 16.8 Å². The SMILES string of the molecule is CC[C@@H](NC(=O)Cc1c(C)nn(C)c1C)[C@H](O)c1ccccc1F. The molecule has 0 saturated carbocycles. The molecule has 2 N–H and O–H groups in total. The molecule has 1 amide bonds. The number of carbonyl (C=O) groups excluding carboxylic acids is 1. The second-order valence-corrected chi connectivity index (χ2v) is 6.00. The zero-order valence-corrected chi connectivity index (χ0v) is 14.5. The second-order valence-electron chi connectivity index (χ2n) is 6.00. The summed E-state index contributed by atoms with van der Waals surface area (Å²) in [6.07, 6.45) is -0.408. The molecule has 5 nitrogen and oxygen atoms in total. The number of carbonyl (C=O) groups is 1. The summed E-state index contributed by atoms with van der Waals surface area (Å²) in [5.41, 5.74) is 2.82. The van der Waals surface area contributed by atoms with E-state index in [1.165, 1.54) is 12.1 Å². The predicted molar refractivity (Wildman–Crippen MR) is 90.0 cm³/mol. The molecule has 2 aromatic rings. The molecule has 0 fully saturated rings. The molecule has 0 spiro atoms. The first-order valence-corrected chi connectivity index (χ1v) is 8.06. The van der Waals surface area contributed by atoms with Gasteiger partial charge in [-0.25, -0.2) is 4.39 Å². The molecule has 1 aromatic heterocycles. The molecule has 1 aromatic carbocycles. The molecule has 0 bridgehead atoms. The van der Waals surface area contributed by atoms with E-state index in [0.29, 0.717) is 6.42 Å². The lowest BCUT2D eigenvalue weighted by Crippen LogP contribution is -2.40. The number of hydrogen-bond acceptors (Lipinski definition) is 3. The molecule has 6 heteroatoms. The van der Waals surface area contributed by atoms with Gasteiger partial charge in [0.05, 0.1) is 18.2 Å². The van der Waals surface area contributed by atoms with Crippen molar-refractivity contribution in [2.75, 3.05) is 0 Å². The van der Waals surface area contributed by atoms with Crippen LogP contribution in [0.3, 0.4) is 0 Å². The monoisotopic (exact) mass is 333 g/mol. The van der Waals surface area contributed by atoms with E-state index in [2.05, 4.69) is 10.4 Å². The zero-order valence-electron chi connectivity index (χ0n) is 14.5. The lowest BCUT2D eigenvalue weighted by molar-refractivity contribution is -0.122. The van der Waals surface area contributed by atoms with Crippen LogP contribution in [-0.4, -0.2) is 26.8 Å². The summed E-state index contributed by atoms with van der Waals surface area (Å²) in [5.74, 6) is -0.687. The fourth-order valence-corrected chi connectivity index (χ4v) is 2.83. The Labute approximate surface area is 141 Å². The molecule has 1 heterocycles.